The number of rotatable bonds is 8. The molecule has 7 aromatic rings. The summed E-state index contributed by atoms with van der Waals surface area (Å²) in [6.07, 6.45) is 0.640. The fourth-order valence-corrected chi connectivity index (χ4v) is 5.20. The fourth-order valence-electron chi connectivity index (χ4n) is 5.20. The minimum absolute atomic E-state index is 0.0603. The Morgan fingerprint density at radius 2 is 1.00 bits per heavy atom. The van der Waals surface area contributed by atoms with Gasteiger partial charge in [0.05, 0.1) is 34.9 Å². The van der Waals surface area contributed by atoms with Crippen LogP contribution in [0.2, 0.25) is 0 Å². The van der Waals surface area contributed by atoms with Crippen molar-refractivity contribution in [3.63, 3.8) is 0 Å². The van der Waals surface area contributed by atoms with E-state index in [2.05, 4.69) is 20.6 Å². The summed E-state index contributed by atoms with van der Waals surface area (Å²) in [4.78, 5) is 41.3. The highest BCUT2D eigenvalue weighted by atomic mass is 16.2. The second-order valence-electron chi connectivity index (χ2n) is 10.6. The summed E-state index contributed by atoms with van der Waals surface area (Å²) in [5.74, 6) is 1.33. The van der Waals surface area contributed by atoms with Crippen LogP contribution < -0.4 is 10.6 Å². The van der Waals surface area contributed by atoms with Crippen molar-refractivity contribution < 1.29 is 9.59 Å². The number of benzene rings is 5. The first-order valence-electron chi connectivity index (χ1n) is 14.3. The Kier molecular flexibility index (Phi) is 7.14. The predicted octanol–water partition coefficient (Wildman–Crippen LogP) is 7.14. The molecule has 44 heavy (non-hydrogen) atoms. The van der Waals surface area contributed by atoms with Crippen molar-refractivity contribution in [1.82, 2.24) is 19.9 Å². The number of amides is 2. The van der Waals surface area contributed by atoms with Crippen LogP contribution in [-0.4, -0.2) is 31.8 Å². The summed E-state index contributed by atoms with van der Waals surface area (Å²) in [6.45, 7) is 0. The van der Waals surface area contributed by atoms with Crippen molar-refractivity contribution in [2.45, 2.75) is 12.8 Å². The first-order chi connectivity index (χ1) is 21.6. The lowest BCUT2D eigenvalue weighted by Crippen LogP contribution is -2.14. The SMILES string of the molecule is O=C(Cc1ccccc1)Nc1ccc(-c2nc3ccc(-c4nc5ccc(NC(=O)Cc6ccccc6)cc5[nH]4)cc3[nH]2)cc1. The van der Waals surface area contributed by atoms with Crippen molar-refractivity contribution in [3.05, 3.63) is 132 Å². The number of fused-ring (bicyclic) bond motifs is 2. The Morgan fingerprint density at radius 1 is 0.523 bits per heavy atom. The molecule has 8 nitrogen and oxygen atoms in total. The van der Waals surface area contributed by atoms with Gasteiger partial charge in [-0.1, -0.05) is 60.7 Å². The molecule has 0 fully saturated rings. The van der Waals surface area contributed by atoms with Crippen molar-refractivity contribution >= 4 is 45.3 Å². The molecule has 0 unspecified atom stereocenters. The van der Waals surface area contributed by atoms with Gasteiger partial charge in [-0.15, -0.1) is 0 Å². The van der Waals surface area contributed by atoms with Crippen molar-refractivity contribution in [1.29, 1.82) is 0 Å². The molecule has 5 aromatic carbocycles. The van der Waals surface area contributed by atoms with E-state index in [-0.39, 0.29) is 11.8 Å². The van der Waals surface area contributed by atoms with Crippen LogP contribution in [0.25, 0.3) is 44.8 Å². The zero-order chi connectivity index (χ0) is 29.9. The molecule has 2 amide bonds. The van der Waals surface area contributed by atoms with Gasteiger partial charge in [0.1, 0.15) is 11.6 Å². The third kappa shape index (κ3) is 5.96. The lowest BCUT2D eigenvalue weighted by atomic mass is 10.1. The highest BCUT2D eigenvalue weighted by Gasteiger charge is 2.12. The third-order valence-corrected chi connectivity index (χ3v) is 7.38. The van der Waals surface area contributed by atoms with Crippen molar-refractivity contribution in [3.8, 4) is 22.8 Å². The van der Waals surface area contributed by atoms with Crippen molar-refractivity contribution in [2.24, 2.45) is 0 Å². The van der Waals surface area contributed by atoms with Gasteiger partial charge in [0.2, 0.25) is 11.8 Å². The molecule has 0 saturated heterocycles. The van der Waals surface area contributed by atoms with Gasteiger partial charge < -0.3 is 20.6 Å². The Balaban J connectivity index is 1.05. The fraction of sp³-hybridized carbons (Fsp3) is 0.0556. The van der Waals surface area contributed by atoms with Gasteiger partial charge in [-0.05, 0) is 71.8 Å². The number of hydrogen-bond acceptors (Lipinski definition) is 4. The number of imidazole rings is 2. The molecule has 2 aromatic heterocycles. The number of carbonyl (C=O) groups excluding carboxylic acids is 2. The van der Waals surface area contributed by atoms with Crippen LogP contribution in [0.15, 0.2) is 121 Å². The summed E-state index contributed by atoms with van der Waals surface area (Å²) in [6, 6.07) is 38.6. The van der Waals surface area contributed by atoms with E-state index >= 15 is 0 Å². The summed E-state index contributed by atoms with van der Waals surface area (Å²) in [5.41, 5.74) is 8.56. The first-order valence-corrected chi connectivity index (χ1v) is 14.3. The van der Waals surface area contributed by atoms with E-state index in [1.807, 2.05) is 121 Å². The first kappa shape index (κ1) is 26.9. The van der Waals surface area contributed by atoms with Gasteiger partial charge >= 0.3 is 0 Å². The predicted molar refractivity (Wildman–Crippen MR) is 174 cm³/mol. The molecular weight excluding hydrogens is 548 g/mol. The van der Waals surface area contributed by atoms with Crippen molar-refractivity contribution in [2.75, 3.05) is 10.6 Å². The normalized spacial score (nSPS) is 11.1. The van der Waals surface area contributed by atoms with Crippen LogP contribution >= 0.6 is 0 Å². The number of H-pyrrole nitrogens is 2. The number of aromatic nitrogens is 4. The topological polar surface area (TPSA) is 116 Å². The summed E-state index contributed by atoms with van der Waals surface area (Å²) < 4.78 is 0. The number of aromatic amines is 2. The van der Waals surface area contributed by atoms with Gasteiger partial charge in [0.25, 0.3) is 0 Å². The number of hydrogen-bond donors (Lipinski definition) is 4. The Labute approximate surface area is 253 Å². The molecule has 0 radical (unpaired) electrons. The lowest BCUT2D eigenvalue weighted by molar-refractivity contribution is -0.116. The second-order valence-corrected chi connectivity index (χ2v) is 10.6. The number of carbonyl (C=O) groups is 2. The molecule has 2 heterocycles. The quantitative estimate of drug-likeness (QED) is 0.154. The van der Waals surface area contributed by atoms with Crippen LogP contribution in [0.4, 0.5) is 11.4 Å². The van der Waals surface area contributed by atoms with Gasteiger partial charge in [-0.3, -0.25) is 9.59 Å². The Bertz CT molecular complexity index is 2100. The van der Waals surface area contributed by atoms with Crippen LogP contribution in [0.3, 0.4) is 0 Å². The van der Waals surface area contributed by atoms with Gasteiger partial charge in [-0.25, -0.2) is 9.97 Å². The summed E-state index contributed by atoms with van der Waals surface area (Å²) in [5, 5.41) is 5.93. The molecule has 4 N–H and O–H groups in total. The average Bonchev–Trinajstić information content (AvgIpc) is 3.66. The number of anilines is 2. The highest BCUT2D eigenvalue weighted by molar-refractivity contribution is 5.95. The van der Waals surface area contributed by atoms with E-state index in [0.717, 1.165) is 61.7 Å². The van der Waals surface area contributed by atoms with Crippen LogP contribution in [0.5, 0.6) is 0 Å². The smallest absolute Gasteiger partial charge is 0.228 e. The monoisotopic (exact) mass is 576 g/mol. The maximum Gasteiger partial charge on any atom is 0.228 e. The molecule has 7 rings (SSSR count). The van der Waals surface area contributed by atoms with Gasteiger partial charge in [0, 0.05) is 22.5 Å². The second kappa shape index (κ2) is 11.7. The molecule has 0 saturated carbocycles. The zero-order valence-corrected chi connectivity index (χ0v) is 23.7. The Hall–Kier alpha value is -6.02. The van der Waals surface area contributed by atoms with E-state index in [1.54, 1.807) is 0 Å². The maximum absolute atomic E-state index is 12.5. The molecule has 0 spiro atoms. The highest BCUT2D eigenvalue weighted by Crippen LogP contribution is 2.28. The summed E-state index contributed by atoms with van der Waals surface area (Å²) in [7, 11) is 0. The lowest BCUT2D eigenvalue weighted by Gasteiger charge is -2.06. The molecular formula is C36H28N6O2. The van der Waals surface area contributed by atoms with E-state index in [0.29, 0.717) is 18.5 Å². The molecule has 214 valence electrons. The molecule has 8 heteroatoms. The van der Waals surface area contributed by atoms with Crippen LogP contribution in [0, 0.1) is 0 Å². The largest absolute Gasteiger partial charge is 0.338 e. The third-order valence-electron chi connectivity index (χ3n) is 7.38. The van der Waals surface area contributed by atoms with Gasteiger partial charge in [0.15, 0.2) is 0 Å². The molecule has 0 atom stereocenters. The molecule has 0 aliphatic rings. The van der Waals surface area contributed by atoms with E-state index in [1.165, 1.54) is 0 Å². The van der Waals surface area contributed by atoms with Crippen LogP contribution in [0.1, 0.15) is 11.1 Å². The minimum atomic E-state index is -0.0711. The Morgan fingerprint density at radius 3 is 1.61 bits per heavy atom. The van der Waals surface area contributed by atoms with E-state index < -0.39 is 0 Å². The molecule has 0 aliphatic heterocycles. The zero-order valence-electron chi connectivity index (χ0n) is 23.7. The molecule has 0 aliphatic carbocycles. The molecule has 0 bridgehead atoms. The van der Waals surface area contributed by atoms with E-state index in [4.69, 9.17) is 9.97 Å². The summed E-state index contributed by atoms with van der Waals surface area (Å²) >= 11 is 0. The average molecular weight is 577 g/mol. The van der Waals surface area contributed by atoms with Crippen LogP contribution in [-0.2, 0) is 22.4 Å². The minimum Gasteiger partial charge on any atom is -0.338 e. The number of nitrogens with zero attached hydrogens (tertiary/aromatic N) is 2. The standard InChI is InChI=1S/C36H28N6O2/c43-33(19-23-7-3-1-4-8-23)37-27-14-11-25(12-15-27)35-39-29-17-13-26(21-31(29)41-35)36-40-30-18-16-28(22-32(30)42-36)38-34(44)20-24-9-5-2-6-10-24/h1-18,21-22H,19-20H2,(H,37,43)(H,38,44)(H,39,41)(H,40,42). The van der Waals surface area contributed by atoms with E-state index in [9.17, 15) is 9.59 Å². The number of nitrogens with one attached hydrogen (secondary N) is 4. The maximum atomic E-state index is 12.5. The van der Waals surface area contributed by atoms with Gasteiger partial charge in [-0.2, -0.15) is 0 Å².